The molecule has 4 nitrogen and oxygen atoms in total. The molecule has 0 saturated carbocycles. The molecule has 0 saturated heterocycles. The van der Waals surface area contributed by atoms with Gasteiger partial charge >= 0.3 is 0 Å². The molecule has 19 heavy (non-hydrogen) atoms. The molecule has 0 bridgehead atoms. The summed E-state index contributed by atoms with van der Waals surface area (Å²) in [6.45, 7) is 2.03. The predicted octanol–water partition coefficient (Wildman–Crippen LogP) is 3.26. The standard InChI is InChI=1S/C15H14N4/c1-10-7-8-17-14(9-10)18-13-6-5-11-3-2-4-12(16)15(11)19-13/h2-9H,16H2,1H3,(H,17,18,19). The number of benzene rings is 1. The van der Waals surface area contributed by atoms with Gasteiger partial charge in [-0.05, 0) is 42.8 Å². The van der Waals surface area contributed by atoms with E-state index in [1.165, 1.54) is 0 Å². The molecular weight excluding hydrogens is 236 g/mol. The number of nitrogens with zero attached hydrogens (tertiary/aromatic N) is 2. The van der Waals surface area contributed by atoms with Gasteiger partial charge in [-0.25, -0.2) is 9.97 Å². The first-order valence-electron chi connectivity index (χ1n) is 6.07. The minimum atomic E-state index is 0.679. The Labute approximate surface area is 111 Å². The van der Waals surface area contributed by atoms with E-state index in [4.69, 9.17) is 5.73 Å². The van der Waals surface area contributed by atoms with Crippen LogP contribution < -0.4 is 11.1 Å². The number of hydrogen-bond acceptors (Lipinski definition) is 4. The molecule has 3 N–H and O–H groups in total. The number of para-hydroxylation sites is 1. The van der Waals surface area contributed by atoms with Crippen LogP contribution >= 0.6 is 0 Å². The highest BCUT2D eigenvalue weighted by molar-refractivity contribution is 5.90. The highest BCUT2D eigenvalue weighted by Gasteiger charge is 2.02. The van der Waals surface area contributed by atoms with Crippen LogP contribution in [0.1, 0.15) is 5.56 Å². The van der Waals surface area contributed by atoms with Crippen LogP contribution in [0.3, 0.4) is 0 Å². The summed E-state index contributed by atoms with van der Waals surface area (Å²) in [6.07, 6.45) is 1.77. The molecule has 0 aliphatic rings. The molecule has 2 aromatic heterocycles. The van der Waals surface area contributed by atoms with Gasteiger partial charge in [0.15, 0.2) is 0 Å². The zero-order chi connectivity index (χ0) is 13.2. The van der Waals surface area contributed by atoms with Gasteiger partial charge in [0, 0.05) is 11.6 Å². The molecule has 0 radical (unpaired) electrons. The first kappa shape index (κ1) is 11.5. The third-order valence-electron chi connectivity index (χ3n) is 2.92. The monoisotopic (exact) mass is 250 g/mol. The Morgan fingerprint density at radius 2 is 1.95 bits per heavy atom. The summed E-state index contributed by atoms with van der Waals surface area (Å²) in [6, 6.07) is 13.6. The second-order valence-corrected chi connectivity index (χ2v) is 4.46. The van der Waals surface area contributed by atoms with Gasteiger partial charge in [0.1, 0.15) is 11.6 Å². The number of fused-ring (bicyclic) bond motifs is 1. The van der Waals surface area contributed by atoms with Gasteiger partial charge in [0.05, 0.1) is 11.2 Å². The SMILES string of the molecule is Cc1ccnc(Nc2ccc3cccc(N)c3n2)c1. The van der Waals surface area contributed by atoms with Crippen molar-refractivity contribution in [1.29, 1.82) is 0 Å². The Kier molecular flexibility index (Phi) is 2.76. The summed E-state index contributed by atoms with van der Waals surface area (Å²) in [5.41, 5.74) is 8.57. The molecule has 0 amide bonds. The number of aromatic nitrogens is 2. The highest BCUT2D eigenvalue weighted by atomic mass is 15.1. The van der Waals surface area contributed by atoms with E-state index in [-0.39, 0.29) is 0 Å². The molecule has 0 aliphatic carbocycles. The van der Waals surface area contributed by atoms with Gasteiger partial charge in [0.25, 0.3) is 0 Å². The van der Waals surface area contributed by atoms with Crippen LogP contribution in [0.25, 0.3) is 10.9 Å². The summed E-state index contributed by atoms with van der Waals surface area (Å²) in [7, 11) is 0. The molecule has 2 heterocycles. The van der Waals surface area contributed by atoms with Crippen molar-refractivity contribution in [3.05, 3.63) is 54.2 Å². The minimum Gasteiger partial charge on any atom is -0.397 e. The van der Waals surface area contributed by atoms with Crippen LogP contribution in [-0.2, 0) is 0 Å². The fourth-order valence-corrected chi connectivity index (χ4v) is 1.98. The molecule has 1 aromatic carbocycles. The Hall–Kier alpha value is -2.62. The van der Waals surface area contributed by atoms with Crippen molar-refractivity contribution in [2.24, 2.45) is 0 Å². The van der Waals surface area contributed by atoms with Crippen molar-refractivity contribution in [2.75, 3.05) is 11.1 Å². The number of nitrogens with two attached hydrogens (primary N) is 1. The molecule has 4 heteroatoms. The Bertz CT molecular complexity index is 737. The van der Waals surface area contributed by atoms with Crippen LogP contribution in [0.2, 0.25) is 0 Å². The summed E-state index contributed by atoms with van der Waals surface area (Å²) in [4.78, 5) is 8.78. The zero-order valence-corrected chi connectivity index (χ0v) is 10.6. The molecule has 0 spiro atoms. The van der Waals surface area contributed by atoms with Crippen LogP contribution in [0.4, 0.5) is 17.3 Å². The van der Waals surface area contributed by atoms with Gasteiger partial charge in [-0.15, -0.1) is 0 Å². The van der Waals surface area contributed by atoms with Crippen molar-refractivity contribution in [3.8, 4) is 0 Å². The van der Waals surface area contributed by atoms with Crippen molar-refractivity contribution >= 4 is 28.2 Å². The van der Waals surface area contributed by atoms with Crippen LogP contribution in [-0.4, -0.2) is 9.97 Å². The van der Waals surface area contributed by atoms with E-state index < -0.39 is 0 Å². The Balaban J connectivity index is 2.00. The highest BCUT2D eigenvalue weighted by Crippen LogP contribution is 2.22. The maximum absolute atomic E-state index is 5.94. The Morgan fingerprint density at radius 1 is 1.05 bits per heavy atom. The number of nitrogen functional groups attached to an aromatic ring is 1. The fraction of sp³-hybridized carbons (Fsp3) is 0.0667. The molecule has 0 atom stereocenters. The minimum absolute atomic E-state index is 0.679. The topological polar surface area (TPSA) is 63.8 Å². The van der Waals surface area contributed by atoms with Gasteiger partial charge in [-0.2, -0.15) is 0 Å². The maximum atomic E-state index is 5.94. The number of nitrogens with one attached hydrogen (secondary N) is 1. The van der Waals surface area contributed by atoms with E-state index in [0.29, 0.717) is 5.69 Å². The lowest BCUT2D eigenvalue weighted by atomic mass is 10.2. The van der Waals surface area contributed by atoms with E-state index in [1.807, 2.05) is 49.4 Å². The normalized spacial score (nSPS) is 10.6. The fourth-order valence-electron chi connectivity index (χ4n) is 1.98. The lowest BCUT2D eigenvalue weighted by Gasteiger charge is -2.07. The smallest absolute Gasteiger partial charge is 0.132 e. The number of hydrogen-bond donors (Lipinski definition) is 2. The molecule has 3 rings (SSSR count). The average Bonchev–Trinajstić information content (AvgIpc) is 2.40. The number of rotatable bonds is 2. The molecule has 3 aromatic rings. The first-order valence-corrected chi connectivity index (χ1v) is 6.07. The molecule has 0 aliphatic heterocycles. The summed E-state index contributed by atoms with van der Waals surface area (Å²) >= 11 is 0. The summed E-state index contributed by atoms with van der Waals surface area (Å²) < 4.78 is 0. The zero-order valence-electron chi connectivity index (χ0n) is 10.6. The van der Waals surface area contributed by atoms with E-state index in [9.17, 15) is 0 Å². The quantitative estimate of drug-likeness (QED) is 0.685. The first-order chi connectivity index (χ1) is 9.22. The van der Waals surface area contributed by atoms with Crippen molar-refractivity contribution in [2.45, 2.75) is 6.92 Å². The van der Waals surface area contributed by atoms with Gasteiger partial charge < -0.3 is 11.1 Å². The average molecular weight is 250 g/mol. The van der Waals surface area contributed by atoms with Crippen molar-refractivity contribution < 1.29 is 0 Å². The molecule has 0 unspecified atom stereocenters. The molecular formula is C15H14N4. The number of pyridine rings is 2. The second-order valence-electron chi connectivity index (χ2n) is 4.46. The van der Waals surface area contributed by atoms with Gasteiger partial charge in [0.2, 0.25) is 0 Å². The molecule has 94 valence electrons. The lowest BCUT2D eigenvalue weighted by Crippen LogP contribution is -1.97. The van der Waals surface area contributed by atoms with Crippen LogP contribution in [0.15, 0.2) is 48.7 Å². The number of anilines is 3. The van der Waals surface area contributed by atoms with E-state index in [0.717, 1.165) is 28.1 Å². The van der Waals surface area contributed by atoms with Gasteiger partial charge in [-0.3, -0.25) is 0 Å². The van der Waals surface area contributed by atoms with Crippen molar-refractivity contribution in [3.63, 3.8) is 0 Å². The van der Waals surface area contributed by atoms with Crippen molar-refractivity contribution in [1.82, 2.24) is 9.97 Å². The summed E-state index contributed by atoms with van der Waals surface area (Å²) in [5, 5.41) is 4.22. The predicted molar refractivity (Wildman–Crippen MR) is 78.4 cm³/mol. The summed E-state index contributed by atoms with van der Waals surface area (Å²) in [5.74, 6) is 1.52. The maximum Gasteiger partial charge on any atom is 0.132 e. The molecule has 0 fully saturated rings. The van der Waals surface area contributed by atoms with Crippen LogP contribution in [0, 0.1) is 6.92 Å². The lowest BCUT2D eigenvalue weighted by molar-refractivity contribution is 1.25. The second kappa shape index (κ2) is 4.57. The third kappa shape index (κ3) is 2.33. The largest absolute Gasteiger partial charge is 0.397 e. The van der Waals surface area contributed by atoms with E-state index >= 15 is 0 Å². The third-order valence-corrected chi connectivity index (χ3v) is 2.92. The van der Waals surface area contributed by atoms with Gasteiger partial charge in [-0.1, -0.05) is 12.1 Å². The van der Waals surface area contributed by atoms with E-state index in [2.05, 4.69) is 15.3 Å². The Morgan fingerprint density at radius 3 is 2.79 bits per heavy atom. The van der Waals surface area contributed by atoms with Crippen LogP contribution in [0.5, 0.6) is 0 Å². The van der Waals surface area contributed by atoms with E-state index in [1.54, 1.807) is 6.20 Å². The number of aryl methyl sites for hydroxylation is 1.